The molecule has 1 aliphatic heterocycles. The highest BCUT2D eigenvalue weighted by Crippen LogP contribution is 2.29. The average Bonchev–Trinajstić information content (AvgIpc) is 2.42. The first-order chi connectivity index (χ1) is 9.40. The van der Waals surface area contributed by atoms with Crippen molar-refractivity contribution >= 4 is 57.7 Å². The van der Waals surface area contributed by atoms with Gasteiger partial charge in [-0.05, 0) is 47.6 Å². The second-order valence-electron chi connectivity index (χ2n) is 4.68. The van der Waals surface area contributed by atoms with Gasteiger partial charge >= 0.3 is 5.97 Å². The molecule has 0 bridgehead atoms. The highest BCUT2D eigenvalue weighted by Gasteiger charge is 2.29. The molecule has 0 radical (unpaired) electrons. The van der Waals surface area contributed by atoms with E-state index in [1.807, 2.05) is 22.6 Å². The molecule has 1 aromatic rings. The van der Waals surface area contributed by atoms with Crippen LogP contribution < -0.4 is 0 Å². The zero-order valence-electron chi connectivity index (χ0n) is 10.4. The molecule has 1 aromatic carbocycles. The smallest absolute Gasteiger partial charge is 0.308 e. The van der Waals surface area contributed by atoms with Gasteiger partial charge in [0.2, 0.25) is 0 Å². The monoisotopic (exact) mass is 427 g/mol. The number of benzene rings is 1. The van der Waals surface area contributed by atoms with Crippen LogP contribution in [0.1, 0.15) is 23.2 Å². The summed E-state index contributed by atoms with van der Waals surface area (Å²) in [5.74, 6) is -1.58. The summed E-state index contributed by atoms with van der Waals surface area (Å²) >= 11 is 14.0. The Hall–Kier alpha value is -0.530. The van der Waals surface area contributed by atoms with Gasteiger partial charge in [0.25, 0.3) is 5.91 Å². The normalized spacial score (nSPS) is 18.9. The van der Waals surface area contributed by atoms with Gasteiger partial charge in [-0.3, -0.25) is 9.59 Å². The summed E-state index contributed by atoms with van der Waals surface area (Å²) in [6.45, 7) is 0.789. The molecule has 7 heteroatoms. The first-order valence-corrected chi connectivity index (χ1v) is 7.90. The number of amides is 1. The maximum absolute atomic E-state index is 12.5. The molecule has 1 fully saturated rings. The number of carbonyl (C=O) groups is 2. The Balaban J connectivity index is 2.25. The van der Waals surface area contributed by atoms with Crippen molar-refractivity contribution in [3.05, 3.63) is 31.3 Å². The van der Waals surface area contributed by atoms with Crippen LogP contribution in [0.3, 0.4) is 0 Å². The molecule has 108 valence electrons. The summed E-state index contributed by atoms with van der Waals surface area (Å²) in [7, 11) is 0. The van der Waals surface area contributed by atoms with Crippen LogP contribution in [0.5, 0.6) is 0 Å². The van der Waals surface area contributed by atoms with Gasteiger partial charge in [0.05, 0.1) is 16.5 Å². The van der Waals surface area contributed by atoms with Crippen molar-refractivity contribution in [3.8, 4) is 0 Å². The number of carbonyl (C=O) groups excluding carboxylic acids is 1. The number of hydrogen-bond donors (Lipinski definition) is 1. The fraction of sp³-hybridized carbons (Fsp3) is 0.385. The molecule has 0 spiro atoms. The minimum absolute atomic E-state index is 0.218. The van der Waals surface area contributed by atoms with E-state index in [9.17, 15) is 9.59 Å². The number of nitrogens with zero attached hydrogens (tertiary/aromatic N) is 1. The Morgan fingerprint density at radius 3 is 2.70 bits per heavy atom. The fourth-order valence-electron chi connectivity index (χ4n) is 2.25. The minimum Gasteiger partial charge on any atom is -0.481 e. The van der Waals surface area contributed by atoms with E-state index in [1.165, 1.54) is 0 Å². The van der Waals surface area contributed by atoms with Crippen molar-refractivity contribution in [2.24, 2.45) is 5.92 Å². The minimum atomic E-state index is -0.860. The maximum Gasteiger partial charge on any atom is 0.308 e. The molecule has 1 heterocycles. The molecule has 0 aromatic heterocycles. The summed E-state index contributed by atoms with van der Waals surface area (Å²) in [5, 5.41) is 9.89. The number of carboxylic acids is 1. The van der Waals surface area contributed by atoms with Crippen LogP contribution in [-0.2, 0) is 4.79 Å². The van der Waals surface area contributed by atoms with E-state index in [4.69, 9.17) is 28.3 Å². The van der Waals surface area contributed by atoms with Crippen LogP contribution >= 0.6 is 45.8 Å². The van der Waals surface area contributed by atoms with E-state index in [-0.39, 0.29) is 12.5 Å². The highest BCUT2D eigenvalue weighted by atomic mass is 127. The lowest BCUT2D eigenvalue weighted by molar-refractivity contribution is -0.143. The highest BCUT2D eigenvalue weighted by molar-refractivity contribution is 14.1. The van der Waals surface area contributed by atoms with Crippen LogP contribution in [-0.4, -0.2) is 35.0 Å². The largest absolute Gasteiger partial charge is 0.481 e. The zero-order chi connectivity index (χ0) is 14.9. The van der Waals surface area contributed by atoms with E-state index in [1.54, 1.807) is 17.0 Å². The van der Waals surface area contributed by atoms with Gasteiger partial charge in [0.15, 0.2) is 0 Å². The van der Waals surface area contributed by atoms with E-state index in [2.05, 4.69) is 0 Å². The zero-order valence-corrected chi connectivity index (χ0v) is 14.1. The van der Waals surface area contributed by atoms with Gasteiger partial charge < -0.3 is 10.0 Å². The second-order valence-corrected chi connectivity index (χ2v) is 6.60. The standard InChI is InChI=1S/C13H12Cl2INO3/c14-8-4-9(11(16)10(15)5-8)12(18)17-3-1-2-7(6-17)13(19)20/h4-5,7H,1-3,6H2,(H,19,20)/t7-/m0/s1. The van der Waals surface area contributed by atoms with Crippen LogP contribution in [0.15, 0.2) is 12.1 Å². The van der Waals surface area contributed by atoms with Gasteiger partial charge in [-0.1, -0.05) is 23.2 Å². The molecule has 2 rings (SSSR count). The molecule has 1 aliphatic rings. The van der Waals surface area contributed by atoms with Gasteiger partial charge in [-0.25, -0.2) is 0 Å². The molecule has 0 unspecified atom stereocenters. The lowest BCUT2D eigenvalue weighted by Gasteiger charge is -2.31. The lowest BCUT2D eigenvalue weighted by Crippen LogP contribution is -2.42. The Morgan fingerprint density at radius 1 is 1.35 bits per heavy atom. The fourth-order valence-corrected chi connectivity index (χ4v) is 3.28. The van der Waals surface area contributed by atoms with Crippen LogP contribution in [0, 0.1) is 9.49 Å². The van der Waals surface area contributed by atoms with Gasteiger partial charge in [0, 0.05) is 21.7 Å². The van der Waals surface area contributed by atoms with Crippen molar-refractivity contribution in [1.82, 2.24) is 4.90 Å². The summed E-state index contributed by atoms with van der Waals surface area (Å²) in [6.07, 6.45) is 1.29. The van der Waals surface area contributed by atoms with Crippen molar-refractivity contribution in [1.29, 1.82) is 0 Å². The third kappa shape index (κ3) is 3.38. The van der Waals surface area contributed by atoms with E-state index >= 15 is 0 Å². The SMILES string of the molecule is O=C(O)[C@H]1CCCN(C(=O)c2cc(Cl)cc(Cl)c2I)C1. The topological polar surface area (TPSA) is 57.6 Å². The second kappa shape index (κ2) is 6.49. The molecule has 0 saturated carbocycles. The lowest BCUT2D eigenvalue weighted by atomic mass is 9.97. The molecule has 1 N–H and O–H groups in total. The predicted molar refractivity (Wildman–Crippen MR) is 85.4 cm³/mol. The van der Waals surface area contributed by atoms with Crippen molar-refractivity contribution in [3.63, 3.8) is 0 Å². The Morgan fingerprint density at radius 2 is 2.05 bits per heavy atom. The number of aliphatic carboxylic acids is 1. The van der Waals surface area contributed by atoms with Gasteiger partial charge in [-0.2, -0.15) is 0 Å². The molecule has 20 heavy (non-hydrogen) atoms. The Kier molecular flexibility index (Phi) is 5.14. The molecular weight excluding hydrogens is 416 g/mol. The molecule has 4 nitrogen and oxygen atoms in total. The third-order valence-corrected chi connectivity index (χ3v) is 5.28. The Labute approximate surface area is 140 Å². The average molecular weight is 428 g/mol. The van der Waals surface area contributed by atoms with Gasteiger partial charge in [0.1, 0.15) is 0 Å². The van der Waals surface area contributed by atoms with Crippen molar-refractivity contribution in [2.45, 2.75) is 12.8 Å². The van der Waals surface area contributed by atoms with E-state index in [0.717, 1.165) is 0 Å². The van der Waals surface area contributed by atoms with Crippen molar-refractivity contribution < 1.29 is 14.7 Å². The Bertz CT molecular complexity index is 565. The number of halogens is 3. The van der Waals surface area contributed by atoms with Crippen LogP contribution in [0.25, 0.3) is 0 Å². The maximum atomic E-state index is 12.5. The summed E-state index contributed by atoms with van der Waals surface area (Å²) in [4.78, 5) is 25.1. The molecule has 1 atom stereocenters. The first-order valence-electron chi connectivity index (χ1n) is 6.06. The summed E-state index contributed by atoms with van der Waals surface area (Å²) in [6, 6.07) is 3.15. The first kappa shape index (κ1) is 15.9. The number of carboxylic acid groups (broad SMARTS) is 1. The number of hydrogen-bond acceptors (Lipinski definition) is 2. The molecular formula is C13H12Cl2INO3. The summed E-state index contributed by atoms with van der Waals surface area (Å²) in [5.41, 5.74) is 0.425. The van der Waals surface area contributed by atoms with E-state index in [0.29, 0.717) is 38.6 Å². The molecule has 1 saturated heterocycles. The summed E-state index contributed by atoms with van der Waals surface area (Å²) < 4.78 is 0.635. The predicted octanol–water partition coefficient (Wildman–Crippen LogP) is 3.53. The molecule has 1 amide bonds. The quantitative estimate of drug-likeness (QED) is 0.580. The number of piperidine rings is 1. The number of likely N-dealkylation sites (tertiary alicyclic amines) is 1. The molecule has 0 aliphatic carbocycles. The number of rotatable bonds is 2. The van der Waals surface area contributed by atoms with Crippen LogP contribution in [0.2, 0.25) is 10.0 Å². The van der Waals surface area contributed by atoms with Crippen molar-refractivity contribution in [2.75, 3.05) is 13.1 Å². The van der Waals surface area contributed by atoms with Gasteiger partial charge in [-0.15, -0.1) is 0 Å². The third-order valence-electron chi connectivity index (χ3n) is 3.28. The van der Waals surface area contributed by atoms with E-state index < -0.39 is 11.9 Å². The van der Waals surface area contributed by atoms with Crippen LogP contribution in [0.4, 0.5) is 0 Å².